The Balaban J connectivity index is 2.27. The number of likely N-dealkylation sites (tertiary alicyclic amines) is 1. The van der Waals surface area contributed by atoms with Crippen LogP contribution in [-0.2, 0) is 0 Å². The van der Waals surface area contributed by atoms with Crippen molar-refractivity contribution in [3.05, 3.63) is 0 Å². The fourth-order valence-corrected chi connectivity index (χ4v) is 4.99. The molecule has 0 aromatic heterocycles. The van der Waals surface area contributed by atoms with E-state index in [0.29, 0.717) is 5.41 Å². The van der Waals surface area contributed by atoms with Crippen LogP contribution in [0.25, 0.3) is 0 Å². The molecule has 2 fully saturated rings. The van der Waals surface area contributed by atoms with Crippen molar-refractivity contribution in [2.24, 2.45) is 17.1 Å². The quantitative estimate of drug-likeness (QED) is 0.842. The highest BCUT2D eigenvalue weighted by Gasteiger charge is 2.51. The van der Waals surface area contributed by atoms with Crippen molar-refractivity contribution in [2.75, 3.05) is 6.54 Å². The zero-order valence-electron chi connectivity index (χ0n) is 13.7. The van der Waals surface area contributed by atoms with Crippen molar-refractivity contribution in [3.8, 4) is 0 Å². The third kappa shape index (κ3) is 2.58. The lowest BCUT2D eigenvalue weighted by molar-refractivity contribution is -0.0484. The fraction of sp³-hybridized carbons (Fsp3) is 1.00. The Kier molecular flexibility index (Phi) is 4.32. The van der Waals surface area contributed by atoms with E-state index in [2.05, 4.69) is 39.5 Å². The van der Waals surface area contributed by atoms with Gasteiger partial charge in [-0.15, -0.1) is 0 Å². The average Bonchev–Trinajstić information content (AvgIpc) is 2.71. The normalized spacial score (nSPS) is 43.6. The molecule has 0 spiro atoms. The smallest absolute Gasteiger partial charge is 0.0363 e. The number of hydrogen-bond acceptors (Lipinski definition) is 2. The van der Waals surface area contributed by atoms with Gasteiger partial charge in [-0.2, -0.15) is 0 Å². The van der Waals surface area contributed by atoms with Crippen LogP contribution >= 0.6 is 0 Å². The molecule has 112 valence electrons. The van der Waals surface area contributed by atoms with E-state index in [1.54, 1.807) is 0 Å². The van der Waals surface area contributed by atoms with Crippen molar-refractivity contribution in [1.82, 2.24) is 4.90 Å². The molecule has 0 radical (unpaired) electrons. The zero-order valence-corrected chi connectivity index (χ0v) is 13.7. The molecule has 0 amide bonds. The summed E-state index contributed by atoms with van der Waals surface area (Å²) in [7, 11) is 0. The summed E-state index contributed by atoms with van der Waals surface area (Å²) in [6.07, 6.45) is 7.95. The Morgan fingerprint density at radius 2 is 1.84 bits per heavy atom. The molecular weight excluding hydrogens is 232 g/mol. The Morgan fingerprint density at radius 1 is 1.16 bits per heavy atom. The van der Waals surface area contributed by atoms with Crippen molar-refractivity contribution in [1.29, 1.82) is 0 Å². The van der Waals surface area contributed by atoms with Gasteiger partial charge in [0, 0.05) is 24.2 Å². The minimum absolute atomic E-state index is 0.270. The molecule has 4 atom stereocenters. The minimum atomic E-state index is 0.270. The van der Waals surface area contributed by atoms with E-state index < -0.39 is 0 Å². The summed E-state index contributed by atoms with van der Waals surface area (Å²) in [6, 6.07) is 1.49. The summed E-state index contributed by atoms with van der Waals surface area (Å²) in [5, 5.41) is 0. The first-order valence-corrected chi connectivity index (χ1v) is 8.35. The van der Waals surface area contributed by atoms with Gasteiger partial charge in [0.1, 0.15) is 0 Å². The van der Waals surface area contributed by atoms with Gasteiger partial charge < -0.3 is 5.73 Å². The molecule has 19 heavy (non-hydrogen) atoms. The third-order valence-corrected chi connectivity index (χ3v) is 6.14. The van der Waals surface area contributed by atoms with Gasteiger partial charge in [0.05, 0.1) is 0 Å². The predicted octanol–water partition coefficient (Wildman–Crippen LogP) is 3.79. The molecule has 1 aliphatic heterocycles. The van der Waals surface area contributed by atoms with E-state index in [1.165, 1.54) is 38.5 Å². The van der Waals surface area contributed by atoms with E-state index >= 15 is 0 Å². The molecule has 2 nitrogen and oxygen atoms in total. The molecule has 0 aromatic rings. The first-order chi connectivity index (χ1) is 8.86. The monoisotopic (exact) mass is 266 g/mol. The first-order valence-electron chi connectivity index (χ1n) is 8.35. The largest absolute Gasteiger partial charge is 0.329 e. The molecule has 0 bridgehead atoms. The van der Waals surface area contributed by atoms with Gasteiger partial charge in [-0.3, -0.25) is 4.90 Å². The molecule has 1 heterocycles. The van der Waals surface area contributed by atoms with Crippen LogP contribution in [-0.4, -0.2) is 29.1 Å². The average molecular weight is 266 g/mol. The van der Waals surface area contributed by atoms with Crippen LogP contribution in [0.4, 0.5) is 0 Å². The van der Waals surface area contributed by atoms with Crippen LogP contribution in [0.5, 0.6) is 0 Å². The molecule has 1 saturated carbocycles. The summed E-state index contributed by atoms with van der Waals surface area (Å²) < 4.78 is 0. The standard InChI is InChI=1S/C17H34N2/c1-6-15-8-7-14(3)19(15)17(12-18)10-9-16(4,5)11-13(17)2/h13-15H,6-12,18H2,1-5H3. The van der Waals surface area contributed by atoms with Crippen LogP contribution in [0.2, 0.25) is 0 Å². The number of rotatable bonds is 3. The lowest BCUT2D eigenvalue weighted by Gasteiger charge is -2.56. The first kappa shape index (κ1) is 15.3. The van der Waals surface area contributed by atoms with Crippen LogP contribution in [0.3, 0.4) is 0 Å². The van der Waals surface area contributed by atoms with Crippen LogP contribution in [0.1, 0.15) is 73.1 Å². The van der Waals surface area contributed by atoms with Crippen molar-refractivity contribution in [2.45, 2.75) is 90.8 Å². The summed E-state index contributed by atoms with van der Waals surface area (Å²) in [5.41, 5.74) is 7.11. The van der Waals surface area contributed by atoms with Crippen molar-refractivity contribution >= 4 is 0 Å². The molecule has 2 rings (SSSR count). The van der Waals surface area contributed by atoms with Gasteiger partial charge in [-0.25, -0.2) is 0 Å². The lowest BCUT2D eigenvalue weighted by Crippen LogP contribution is -2.63. The maximum Gasteiger partial charge on any atom is 0.0363 e. The summed E-state index contributed by atoms with van der Waals surface area (Å²) in [6.45, 7) is 12.9. The molecule has 2 aliphatic rings. The summed E-state index contributed by atoms with van der Waals surface area (Å²) >= 11 is 0. The number of nitrogens with two attached hydrogens (primary N) is 1. The van der Waals surface area contributed by atoms with E-state index in [4.69, 9.17) is 5.73 Å². The second kappa shape index (κ2) is 5.37. The van der Waals surface area contributed by atoms with E-state index in [0.717, 1.165) is 24.5 Å². The second-order valence-corrected chi connectivity index (χ2v) is 7.97. The van der Waals surface area contributed by atoms with Crippen molar-refractivity contribution < 1.29 is 0 Å². The van der Waals surface area contributed by atoms with Gasteiger partial charge >= 0.3 is 0 Å². The topological polar surface area (TPSA) is 29.3 Å². The van der Waals surface area contributed by atoms with E-state index in [9.17, 15) is 0 Å². The molecule has 2 N–H and O–H groups in total. The Hall–Kier alpha value is -0.0800. The lowest BCUT2D eigenvalue weighted by atomic mass is 9.62. The molecule has 4 unspecified atom stereocenters. The molecule has 1 aliphatic carbocycles. The molecule has 1 saturated heterocycles. The number of nitrogens with zero attached hydrogens (tertiary/aromatic N) is 1. The van der Waals surface area contributed by atoms with Gasteiger partial charge in [0.2, 0.25) is 0 Å². The van der Waals surface area contributed by atoms with Gasteiger partial charge in [-0.05, 0) is 56.8 Å². The highest BCUT2D eigenvalue weighted by Crippen LogP contribution is 2.49. The van der Waals surface area contributed by atoms with Crippen LogP contribution in [0, 0.1) is 11.3 Å². The predicted molar refractivity (Wildman–Crippen MR) is 83.2 cm³/mol. The zero-order chi connectivity index (χ0) is 14.3. The summed E-state index contributed by atoms with van der Waals surface area (Å²) in [4.78, 5) is 2.84. The second-order valence-electron chi connectivity index (χ2n) is 7.97. The van der Waals surface area contributed by atoms with E-state index in [-0.39, 0.29) is 5.54 Å². The maximum atomic E-state index is 6.33. The van der Waals surface area contributed by atoms with Crippen molar-refractivity contribution in [3.63, 3.8) is 0 Å². The van der Waals surface area contributed by atoms with Gasteiger partial charge in [-0.1, -0.05) is 27.7 Å². The molecular formula is C17H34N2. The molecule has 2 heteroatoms. The Labute approximate surface area is 120 Å². The third-order valence-electron chi connectivity index (χ3n) is 6.14. The van der Waals surface area contributed by atoms with Gasteiger partial charge in [0.25, 0.3) is 0 Å². The highest BCUT2D eigenvalue weighted by atomic mass is 15.3. The summed E-state index contributed by atoms with van der Waals surface area (Å²) in [5.74, 6) is 0.718. The Bertz CT molecular complexity index is 312. The van der Waals surface area contributed by atoms with E-state index in [1.807, 2.05) is 0 Å². The number of hydrogen-bond donors (Lipinski definition) is 1. The Morgan fingerprint density at radius 3 is 2.37 bits per heavy atom. The van der Waals surface area contributed by atoms with Crippen LogP contribution < -0.4 is 5.73 Å². The highest BCUT2D eigenvalue weighted by molar-refractivity contribution is 5.06. The molecule has 0 aromatic carbocycles. The fourth-order valence-electron chi connectivity index (χ4n) is 4.99. The van der Waals surface area contributed by atoms with Gasteiger partial charge in [0.15, 0.2) is 0 Å². The SMILES string of the molecule is CCC1CCC(C)N1C1(CN)CCC(C)(C)CC1C. The minimum Gasteiger partial charge on any atom is -0.329 e. The van der Waals surface area contributed by atoms with Crippen LogP contribution in [0.15, 0.2) is 0 Å². The maximum absolute atomic E-state index is 6.33.